The van der Waals surface area contributed by atoms with Crippen molar-refractivity contribution < 1.29 is 19.1 Å². The van der Waals surface area contributed by atoms with Crippen LogP contribution in [0.5, 0.6) is 0 Å². The van der Waals surface area contributed by atoms with Gasteiger partial charge in [-0.1, -0.05) is 35.9 Å². The zero-order chi connectivity index (χ0) is 23.6. The SMILES string of the molecule is CC(C)(C)OC(=O)NCCC(=O)NCc1ccc(NC(=O)/C=C/c2ccc(Cl)cc2)cc1. The number of nitrogens with one attached hydrogen (secondary N) is 3. The van der Waals surface area contributed by atoms with E-state index in [4.69, 9.17) is 16.3 Å². The Kier molecular flexibility index (Phi) is 9.28. The Balaban J connectivity index is 1.70. The van der Waals surface area contributed by atoms with E-state index in [1.165, 1.54) is 6.08 Å². The number of anilines is 1. The fourth-order valence-corrected chi connectivity index (χ4v) is 2.64. The van der Waals surface area contributed by atoms with Crippen molar-refractivity contribution in [1.82, 2.24) is 10.6 Å². The van der Waals surface area contributed by atoms with Crippen molar-refractivity contribution in [3.8, 4) is 0 Å². The Morgan fingerprint density at radius 1 is 0.969 bits per heavy atom. The Morgan fingerprint density at radius 3 is 2.25 bits per heavy atom. The molecule has 0 fully saturated rings. The highest BCUT2D eigenvalue weighted by atomic mass is 35.5. The van der Waals surface area contributed by atoms with E-state index >= 15 is 0 Å². The van der Waals surface area contributed by atoms with Crippen molar-refractivity contribution >= 4 is 41.3 Å². The van der Waals surface area contributed by atoms with Gasteiger partial charge in [0.1, 0.15) is 5.60 Å². The molecule has 0 unspecified atom stereocenters. The Bertz CT molecular complexity index is 949. The van der Waals surface area contributed by atoms with Crippen LogP contribution < -0.4 is 16.0 Å². The molecular formula is C24H28ClN3O4. The van der Waals surface area contributed by atoms with Crippen LogP contribution in [-0.2, 0) is 20.9 Å². The fourth-order valence-electron chi connectivity index (χ4n) is 2.52. The normalized spacial score (nSPS) is 11.1. The molecule has 8 heteroatoms. The third-order valence-electron chi connectivity index (χ3n) is 4.03. The number of alkyl carbamates (subject to hydrolysis) is 1. The van der Waals surface area contributed by atoms with Gasteiger partial charge in [-0.05, 0) is 62.2 Å². The van der Waals surface area contributed by atoms with Crippen LogP contribution in [0.3, 0.4) is 0 Å². The van der Waals surface area contributed by atoms with E-state index in [1.807, 2.05) is 24.3 Å². The van der Waals surface area contributed by atoms with Gasteiger partial charge in [-0.15, -0.1) is 0 Å². The van der Waals surface area contributed by atoms with E-state index in [-0.39, 0.29) is 24.8 Å². The lowest BCUT2D eigenvalue weighted by Gasteiger charge is -2.19. The average Bonchev–Trinajstić information content (AvgIpc) is 2.71. The van der Waals surface area contributed by atoms with Gasteiger partial charge < -0.3 is 20.7 Å². The Labute approximate surface area is 193 Å². The maximum absolute atomic E-state index is 12.1. The molecular weight excluding hydrogens is 430 g/mol. The van der Waals surface area contributed by atoms with E-state index < -0.39 is 11.7 Å². The summed E-state index contributed by atoms with van der Waals surface area (Å²) in [6, 6.07) is 14.3. The van der Waals surface area contributed by atoms with Crippen molar-refractivity contribution in [2.24, 2.45) is 0 Å². The molecule has 0 aliphatic heterocycles. The van der Waals surface area contributed by atoms with Crippen molar-refractivity contribution in [2.45, 2.75) is 39.3 Å². The molecule has 0 atom stereocenters. The second kappa shape index (κ2) is 11.9. The predicted octanol–water partition coefficient (Wildman–Crippen LogP) is 4.52. The van der Waals surface area contributed by atoms with E-state index in [0.29, 0.717) is 17.3 Å². The van der Waals surface area contributed by atoms with E-state index in [9.17, 15) is 14.4 Å². The maximum Gasteiger partial charge on any atom is 0.407 e. The molecule has 2 aromatic carbocycles. The van der Waals surface area contributed by atoms with Crippen LogP contribution in [0.4, 0.5) is 10.5 Å². The number of ether oxygens (including phenoxy) is 1. The second-order valence-corrected chi connectivity index (χ2v) is 8.46. The molecule has 0 aliphatic carbocycles. The zero-order valence-corrected chi connectivity index (χ0v) is 19.2. The van der Waals surface area contributed by atoms with Gasteiger partial charge in [-0.25, -0.2) is 4.79 Å². The first kappa shape index (κ1) is 24.9. The lowest BCUT2D eigenvalue weighted by atomic mass is 10.2. The fraction of sp³-hybridized carbons (Fsp3) is 0.292. The molecule has 0 aromatic heterocycles. The van der Waals surface area contributed by atoms with E-state index in [1.54, 1.807) is 51.1 Å². The third kappa shape index (κ3) is 10.1. The summed E-state index contributed by atoms with van der Waals surface area (Å²) in [4.78, 5) is 35.5. The Hall–Kier alpha value is -3.32. The van der Waals surface area contributed by atoms with Gasteiger partial charge in [-0.3, -0.25) is 9.59 Å². The van der Waals surface area contributed by atoms with Gasteiger partial charge in [0, 0.05) is 36.3 Å². The molecule has 0 bridgehead atoms. The van der Waals surface area contributed by atoms with Crippen molar-refractivity contribution in [2.75, 3.05) is 11.9 Å². The summed E-state index contributed by atoms with van der Waals surface area (Å²) in [5, 5.41) is 8.75. The molecule has 0 heterocycles. The van der Waals surface area contributed by atoms with Crippen LogP contribution >= 0.6 is 11.6 Å². The summed E-state index contributed by atoms with van der Waals surface area (Å²) in [5.74, 6) is -0.440. The van der Waals surface area contributed by atoms with Gasteiger partial charge in [0.05, 0.1) is 0 Å². The number of carbonyl (C=O) groups excluding carboxylic acids is 3. The predicted molar refractivity (Wildman–Crippen MR) is 126 cm³/mol. The smallest absolute Gasteiger partial charge is 0.407 e. The quantitative estimate of drug-likeness (QED) is 0.507. The highest BCUT2D eigenvalue weighted by Gasteiger charge is 2.15. The molecule has 2 rings (SSSR count). The number of carbonyl (C=O) groups is 3. The number of hydrogen-bond donors (Lipinski definition) is 3. The minimum Gasteiger partial charge on any atom is -0.444 e. The number of hydrogen-bond acceptors (Lipinski definition) is 4. The van der Waals surface area contributed by atoms with Crippen molar-refractivity contribution in [3.63, 3.8) is 0 Å². The van der Waals surface area contributed by atoms with Crippen LogP contribution in [0.1, 0.15) is 38.3 Å². The van der Waals surface area contributed by atoms with Gasteiger partial charge >= 0.3 is 6.09 Å². The summed E-state index contributed by atoms with van der Waals surface area (Å²) in [7, 11) is 0. The van der Waals surface area contributed by atoms with E-state index in [2.05, 4.69) is 16.0 Å². The van der Waals surface area contributed by atoms with Gasteiger partial charge in [0.2, 0.25) is 11.8 Å². The minimum absolute atomic E-state index is 0.146. The van der Waals surface area contributed by atoms with Gasteiger partial charge in [0.15, 0.2) is 0 Å². The molecule has 0 spiro atoms. The zero-order valence-electron chi connectivity index (χ0n) is 18.4. The standard InChI is InChI=1S/C24H28ClN3O4/c1-24(2,3)32-23(31)26-15-14-21(29)27-16-18-6-11-20(12-7-18)28-22(30)13-8-17-4-9-19(25)10-5-17/h4-13H,14-16H2,1-3H3,(H,26,31)(H,27,29)(H,28,30)/b13-8+. The minimum atomic E-state index is -0.578. The molecule has 3 N–H and O–H groups in total. The number of amides is 3. The molecule has 0 saturated carbocycles. The molecule has 7 nitrogen and oxygen atoms in total. The molecule has 32 heavy (non-hydrogen) atoms. The second-order valence-electron chi connectivity index (χ2n) is 8.03. The molecule has 0 aliphatic rings. The van der Waals surface area contributed by atoms with Crippen LogP contribution in [0, 0.1) is 0 Å². The summed E-state index contributed by atoms with van der Waals surface area (Å²) in [5.41, 5.74) is 1.82. The topological polar surface area (TPSA) is 96.5 Å². The number of benzene rings is 2. The van der Waals surface area contributed by atoms with Crippen LogP contribution in [0.15, 0.2) is 54.6 Å². The first-order valence-electron chi connectivity index (χ1n) is 10.2. The van der Waals surface area contributed by atoms with E-state index in [0.717, 1.165) is 11.1 Å². The van der Waals surface area contributed by atoms with Crippen LogP contribution in [0.25, 0.3) is 6.08 Å². The molecule has 0 saturated heterocycles. The average molecular weight is 458 g/mol. The Morgan fingerprint density at radius 2 is 1.62 bits per heavy atom. The number of halogens is 1. The molecule has 0 radical (unpaired) electrons. The summed E-state index contributed by atoms with van der Waals surface area (Å²) < 4.78 is 5.11. The first-order valence-corrected chi connectivity index (χ1v) is 10.6. The van der Waals surface area contributed by atoms with Crippen LogP contribution in [0.2, 0.25) is 5.02 Å². The third-order valence-corrected chi connectivity index (χ3v) is 4.28. The monoisotopic (exact) mass is 457 g/mol. The maximum atomic E-state index is 12.1. The number of rotatable bonds is 8. The highest BCUT2D eigenvalue weighted by Crippen LogP contribution is 2.12. The molecule has 3 amide bonds. The summed E-state index contributed by atoms with van der Waals surface area (Å²) >= 11 is 5.84. The summed E-state index contributed by atoms with van der Waals surface area (Å²) in [6.45, 7) is 5.85. The van der Waals surface area contributed by atoms with Crippen LogP contribution in [-0.4, -0.2) is 30.1 Å². The largest absolute Gasteiger partial charge is 0.444 e. The summed E-state index contributed by atoms with van der Waals surface area (Å²) in [6.07, 6.45) is 2.74. The molecule has 2 aromatic rings. The first-order chi connectivity index (χ1) is 15.1. The van der Waals surface area contributed by atoms with Crippen molar-refractivity contribution in [1.29, 1.82) is 0 Å². The van der Waals surface area contributed by atoms with Crippen molar-refractivity contribution in [3.05, 3.63) is 70.8 Å². The van der Waals surface area contributed by atoms with Gasteiger partial charge in [-0.2, -0.15) is 0 Å². The lowest BCUT2D eigenvalue weighted by Crippen LogP contribution is -2.35. The lowest BCUT2D eigenvalue weighted by molar-refractivity contribution is -0.121. The molecule has 170 valence electrons. The highest BCUT2D eigenvalue weighted by molar-refractivity contribution is 6.30. The van der Waals surface area contributed by atoms with Gasteiger partial charge in [0.25, 0.3) is 0 Å².